The van der Waals surface area contributed by atoms with Crippen molar-refractivity contribution in [3.05, 3.63) is 36.7 Å². The van der Waals surface area contributed by atoms with Crippen LogP contribution in [-0.2, 0) is 4.79 Å². The maximum absolute atomic E-state index is 12.0. The molecule has 1 aliphatic rings. The van der Waals surface area contributed by atoms with Gasteiger partial charge in [-0.3, -0.25) is 4.79 Å². The highest BCUT2D eigenvalue weighted by Gasteiger charge is 2.14. The second-order valence-electron chi connectivity index (χ2n) is 5.47. The van der Waals surface area contributed by atoms with Gasteiger partial charge in [-0.05, 0) is 25.0 Å². The Morgan fingerprint density at radius 2 is 2.00 bits per heavy atom. The lowest BCUT2D eigenvalue weighted by Crippen LogP contribution is -2.22. The molecule has 1 amide bonds. The minimum Gasteiger partial charge on any atom is -0.497 e. The molecule has 0 unspecified atom stereocenters. The molecule has 1 aromatic carbocycles. The van der Waals surface area contributed by atoms with E-state index in [0.717, 1.165) is 18.9 Å². The molecule has 0 saturated carbocycles. The van der Waals surface area contributed by atoms with Crippen molar-refractivity contribution in [2.75, 3.05) is 37.0 Å². The number of hydrogen-bond donors (Lipinski definition) is 1. The van der Waals surface area contributed by atoms with Crippen molar-refractivity contribution < 1.29 is 14.3 Å². The smallest absolute Gasteiger partial charge is 0.263 e. The fourth-order valence-electron chi connectivity index (χ4n) is 2.55. The van der Waals surface area contributed by atoms with Crippen LogP contribution in [0.2, 0.25) is 0 Å². The zero-order valence-corrected chi connectivity index (χ0v) is 13.6. The van der Waals surface area contributed by atoms with Gasteiger partial charge in [0, 0.05) is 25.2 Å². The summed E-state index contributed by atoms with van der Waals surface area (Å²) < 4.78 is 10.6. The van der Waals surface area contributed by atoms with Crippen LogP contribution in [0.3, 0.4) is 0 Å². The summed E-state index contributed by atoms with van der Waals surface area (Å²) >= 11 is 0. The highest BCUT2D eigenvalue weighted by atomic mass is 16.5. The predicted molar refractivity (Wildman–Crippen MR) is 90.6 cm³/mol. The van der Waals surface area contributed by atoms with Gasteiger partial charge < -0.3 is 19.7 Å². The van der Waals surface area contributed by atoms with Gasteiger partial charge in [0.25, 0.3) is 5.91 Å². The summed E-state index contributed by atoms with van der Waals surface area (Å²) in [5.41, 5.74) is 0. The molecule has 7 heteroatoms. The molecule has 3 rings (SSSR count). The van der Waals surface area contributed by atoms with E-state index in [2.05, 4.69) is 20.2 Å². The molecule has 0 aliphatic carbocycles. The number of anilines is 2. The maximum atomic E-state index is 12.0. The van der Waals surface area contributed by atoms with Crippen molar-refractivity contribution in [3.8, 4) is 11.5 Å². The number of aromatic nitrogens is 2. The van der Waals surface area contributed by atoms with Gasteiger partial charge in [-0.25, -0.2) is 9.97 Å². The number of carbonyl (C=O) groups is 1. The molecule has 0 atom stereocenters. The van der Waals surface area contributed by atoms with Crippen LogP contribution in [0.4, 0.5) is 11.6 Å². The van der Waals surface area contributed by atoms with Crippen LogP contribution in [-0.4, -0.2) is 42.7 Å². The highest BCUT2D eigenvalue weighted by Crippen LogP contribution is 2.20. The van der Waals surface area contributed by atoms with E-state index in [1.807, 2.05) is 6.07 Å². The first kappa shape index (κ1) is 16.0. The molecule has 24 heavy (non-hydrogen) atoms. The highest BCUT2D eigenvalue weighted by molar-refractivity contribution is 5.91. The zero-order chi connectivity index (χ0) is 16.8. The average Bonchev–Trinajstić information content (AvgIpc) is 3.15. The summed E-state index contributed by atoms with van der Waals surface area (Å²) in [6.07, 6.45) is 3.80. The fraction of sp³-hybridized carbons (Fsp3) is 0.353. The second kappa shape index (κ2) is 7.63. The van der Waals surface area contributed by atoms with Gasteiger partial charge in [-0.15, -0.1) is 0 Å². The van der Waals surface area contributed by atoms with E-state index in [9.17, 15) is 4.79 Å². The molecule has 0 bridgehead atoms. The quantitative estimate of drug-likeness (QED) is 0.875. The van der Waals surface area contributed by atoms with Crippen molar-refractivity contribution in [1.82, 2.24) is 9.97 Å². The number of nitrogens with one attached hydrogen (secondary N) is 1. The minimum atomic E-state index is -0.274. The van der Waals surface area contributed by atoms with Crippen molar-refractivity contribution in [3.63, 3.8) is 0 Å². The van der Waals surface area contributed by atoms with Crippen LogP contribution in [0.5, 0.6) is 11.5 Å². The third kappa shape index (κ3) is 4.13. The third-order valence-corrected chi connectivity index (χ3v) is 3.76. The summed E-state index contributed by atoms with van der Waals surface area (Å²) in [5.74, 6) is 2.30. The third-order valence-electron chi connectivity index (χ3n) is 3.76. The lowest BCUT2D eigenvalue weighted by molar-refractivity contribution is -0.118. The Kier molecular flexibility index (Phi) is 5.10. The second-order valence-corrected chi connectivity index (χ2v) is 5.47. The molecular formula is C17H20N4O3. The minimum absolute atomic E-state index is 0.101. The molecular weight excluding hydrogens is 308 g/mol. The Balaban J connectivity index is 1.55. The summed E-state index contributed by atoms with van der Waals surface area (Å²) in [5, 5.41) is 2.73. The monoisotopic (exact) mass is 328 g/mol. The number of nitrogens with zero attached hydrogens (tertiary/aromatic N) is 3. The topological polar surface area (TPSA) is 76.6 Å². The largest absolute Gasteiger partial charge is 0.497 e. The number of rotatable bonds is 6. The molecule has 2 aromatic rings. The standard InChI is InChI=1S/C17H20N4O3/c1-23-13-5-4-6-14(9-13)24-11-17(22)20-15-10-16(19-12-18-15)21-7-2-3-8-21/h4-6,9-10,12H,2-3,7-8,11H2,1H3,(H,18,19,20,22). The van der Waals surface area contributed by atoms with Gasteiger partial charge in [0.05, 0.1) is 7.11 Å². The molecule has 1 saturated heterocycles. The number of hydrogen-bond acceptors (Lipinski definition) is 6. The molecule has 126 valence electrons. The van der Waals surface area contributed by atoms with Crippen LogP contribution in [0.1, 0.15) is 12.8 Å². The van der Waals surface area contributed by atoms with Gasteiger partial charge in [-0.2, -0.15) is 0 Å². The summed E-state index contributed by atoms with van der Waals surface area (Å²) in [6, 6.07) is 8.90. The molecule has 1 N–H and O–H groups in total. The molecule has 0 radical (unpaired) electrons. The number of ether oxygens (including phenoxy) is 2. The molecule has 0 spiro atoms. The summed E-state index contributed by atoms with van der Waals surface area (Å²) in [7, 11) is 1.58. The Morgan fingerprint density at radius 3 is 2.79 bits per heavy atom. The fourth-order valence-corrected chi connectivity index (χ4v) is 2.55. The van der Waals surface area contributed by atoms with E-state index >= 15 is 0 Å². The van der Waals surface area contributed by atoms with Crippen molar-refractivity contribution in [1.29, 1.82) is 0 Å². The van der Waals surface area contributed by atoms with Crippen molar-refractivity contribution in [2.45, 2.75) is 12.8 Å². The average molecular weight is 328 g/mol. The van der Waals surface area contributed by atoms with Gasteiger partial charge in [0.2, 0.25) is 0 Å². The maximum Gasteiger partial charge on any atom is 0.263 e. The number of benzene rings is 1. The van der Waals surface area contributed by atoms with Crippen molar-refractivity contribution >= 4 is 17.5 Å². The van der Waals surface area contributed by atoms with E-state index in [-0.39, 0.29) is 12.5 Å². The van der Waals surface area contributed by atoms with Gasteiger partial charge in [-0.1, -0.05) is 6.07 Å². The van der Waals surface area contributed by atoms with Crippen LogP contribution in [0, 0.1) is 0 Å². The van der Waals surface area contributed by atoms with E-state index in [1.165, 1.54) is 19.2 Å². The van der Waals surface area contributed by atoms with Crippen molar-refractivity contribution in [2.24, 2.45) is 0 Å². The van der Waals surface area contributed by atoms with E-state index in [0.29, 0.717) is 17.3 Å². The Bertz CT molecular complexity index is 702. The van der Waals surface area contributed by atoms with Crippen LogP contribution >= 0.6 is 0 Å². The molecule has 1 fully saturated rings. The normalized spacial score (nSPS) is 13.6. The van der Waals surface area contributed by atoms with Gasteiger partial charge in [0.1, 0.15) is 29.5 Å². The van der Waals surface area contributed by atoms with Crippen LogP contribution in [0.15, 0.2) is 36.7 Å². The zero-order valence-electron chi connectivity index (χ0n) is 13.6. The van der Waals surface area contributed by atoms with Gasteiger partial charge >= 0.3 is 0 Å². The van der Waals surface area contributed by atoms with Crippen LogP contribution in [0.25, 0.3) is 0 Å². The summed E-state index contributed by atoms with van der Waals surface area (Å²) in [4.78, 5) is 22.6. The summed E-state index contributed by atoms with van der Waals surface area (Å²) in [6.45, 7) is 1.88. The number of carbonyl (C=O) groups excluding carboxylic acids is 1. The van der Waals surface area contributed by atoms with Crippen LogP contribution < -0.4 is 19.7 Å². The number of amides is 1. The van der Waals surface area contributed by atoms with E-state index in [1.54, 1.807) is 31.4 Å². The Labute approximate surface area is 140 Å². The lowest BCUT2D eigenvalue weighted by Gasteiger charge is -2.16. The molecule has 7 nitrogen and oxygen atoms in total. The van der Waals surface area contributed by atoms with E-state index < -0.39 is 0 Å². The first-order valence-corrected chi connectivity index (χ1v) is 7.88. The predicted octanol–water partition coefficient (Wildman–Crippen LogP) is 2.10. The Morgan fingerprint density at radius 1 is 1.21 bits per heavy atom. The first-order chi connectivity index (χ1) is 11.7. The molecule has 1 aromatic heterocycles. The number of methoxy groups -OCH3 is 1. The lowest BCUT2D eigenvalue weighted by atomic mass is 10.3. The Hall–Kier alpha value is -2.83. The van der Waals surface area contributed by atoms with E-state index in [4.69, 9.17) is 9.47 Å². The molecule has 2 heterocycles. The van der Waals surface area contributed by atoms with Gasteiger partial charge in [0.15, 0.2) is 6.61 Å². The molecule has 1 aliphatic heterocycles. The SMILES string of the molecule is COc1cccc(OCC(=O)Nc2cc(N3CCCC3)ncn2)c1. The first-order valence-electron chi connectivity index (χ1n) is 7.88.